The Labute approximate surface area is 124 Å². The largest absolute Gasteiger partial charge is 0.309 e. The normalized spacial score (nSPS) is 12.4. The molecule has 0 aliphatic heterocycles. The molecule has 0 aromatic heterocycles. The summed E-state index contributed by atoms with van der Waals surface area (Å²) in [5, 5.41) is 4.65. The number of aryl methyl sites for hydroxylation is 1. The highest BCUT2D eigenvalue weighted by Crippen LogP contribution is 2.30. The van der Waals surface area contributed by atoms with Gasteiger partial charge in [-0.05, 0) is 42.3 Å². The molecule has 0 saturated heterocycles. The van der Waals surface area contributed by atoms with Crippen molar-refractivity contribution >= 4 is 23.2 Å². The van der Waals surface area contributed by atoms with E-state index in [1.807, 2.05) is 19.2 Å². The van der Waals surface area contributed by atoms with Gasteiger partial charge in [-0.25, -0.2) is 0 Å². The monoisotopic (exact) mass is 293 g/mol. The van der Waals surface area contributed by atoms with Crippen LogP contribution in [0.2, 0.25) is 10.0 Å². The molecule has 0 saturated carbocycles. The SMILES string of the molecule is CCc1ccc(C(NC)c2ccc(Cl)cc2Cl)cc1. The highest BCUT2D eigenvalue weighted by atomic mass is 35.5. The highest BCUT2D eigenvalue weighted by molar-refractivity contribution is 6.35. The molecule has 0 fully saturated rings. The van der Waals surface area contributed by atoms with Crippen molar-refractivity contribution in [1.29, 1.82) is 0 Å². The molecule has 0 heterocycles. The van der Waals surface area contributed by atoms with Crippen LogP contribution in [0.1, 0.15) is 29.7 Å². The van der Waals surface area contributed by atoms with Gasteiger partial charge in [0, 0.05) is 10.0 Å². The predicted octanol–water partition coefficient (Wildman–Crippen LogP) is 4.86. The van der Waals surface area contributed by atoms with Crippen molar-refractivity contribution in [3.05, 3.63) is 69.2 Å². The van der Waals surface area contributed by atoms with Gasteiger partial charge in [0.05, 0.1) is 6.04 Å². The van der Waals surface area contributed by atoms with Gasteiger partial charge < -0.3 is 5.32 Å². The van der Waals surface area contributed by atoms with E-state index in [0.717, 1.165) is 12.0 Å². The van der Waals surface area contributed by atoms with Crippen LogP contribution in [0.4, 0.5) is 0 Å². The minimum atomic E-state index is 0.0793. The third kappa shape index (κ3) is 3.30. The first kappa shape index (κ1) is 14.4. The summed E-state index contributed by atoms with van der Waals surface area (Å²) in [5.74, 6) is 0. The van der Waals surface area contributed by atoms with E-state index in [2.05, 4.69) is 36.5 Å². The maximum absolute atomic E-state index is 6.29. The lowest BCUT2D eigenvalue weighted by Gasteiger charge is -2.19. The summed E-state index contributed by atoms with van der Waals surface area (Å²) < 4.78 is 0. The first-order valence-corrected chi connectivity index (χ1v) is 7.12. The van der Waals surface area contributed by atoms with E-state index < -0.39 is 0 Å². The van der Waals surface area contributed by atoms with Crippen LogP contribution in [0.25, 0.3) is 0 Å². The van der Waals surface area contributed by atoms with E-state index in [9.17, 15) is 0 Å². The number of hydrogen-bond acceptors (Lipinski definition) is 1. The highest BCUT2D eigenvalue weighted by Gasteiger charge is 2.15. The Balaban J connectivity index is 2.37. The quantitative estimate of drug-likeness (QED) is 0.848. The number of benzene rings is 2. The Kier molecular flexibility index (Phi) is 4.87. The van der Waals surface area contributed by atoms with Crippen LogP contribution in [0, 0.1) is 0 Å². The minimum Gasteiger partial charge on any atom is -0.309 e. The molecule has 1 unspecified atom stereocenters. The van der Waals surface area contributed by atoms with Gasteiger partial charge in [0.15, 0.2) is 0 Å². The molecule has 2 rings (SSSR count). The smallest absolute Gasteiger partial charge is 0.0589 e. The topological polar surface area (TPSA) is 12.0 Å². The fourth-order valence-corrected chi connectivity index (χ4v) is 2.70. The van der Waals surface area contributed by atoms with Crippen molar-refractivity contribution in [2.75, 3.05) is 7.05 Å². The van der Waals surface area contributed by atoms with E-state index in [1.165, 1.54) is 11.1 Å². The van der Waals surface area contributed by atoms with Crippen molar-refractivity contribution in [2.45, 2.75) is 19.4 Å². The lowest BCUT2D eigenvalue weighted by atomic mass is 9.97. The lowest BCUT2D eigenvalue weighted by Crippen LogP contribution is -2.18. The Bertz CT molecular complexity index is 549. The van der Waals surface area contributed by atoms with Crippen LogP contribution in [-0.4, -0.2) is 7.05 Å². The molecule has 1 atom stereocenters. The Morgan fingerprint density at radius 1 is 1.05 bits per heavy atom. The molecule has 0 bridgehead atoms. The minimum absolute atomic E-state index is 0.0793. The standard InChI is InChI=1S/C16H17Cl2N/c1-3-11-4-6-12(7-5-11)16(19-2)14-9-8-13(17)10-15(14)18/h4-10,16,19H,3H2,1-2H3. The van der Waals surface area contributed by atoms with Crippen molar-refractivity contribution in [3.63, 3.8) is 0 Å². The first-order valence-electron chi connectivity index (χ1n) is 6.36. The molecule has 0 amide bonds. The van der Waals surface area contributed by atoms with Gasteiger partial charge in [0.1, 0.15) is 0 Å². The second-order valence-electron chi connectivity index (χ2n) is 4.48. The maximum Gasteiger partial charge on any atom is 0.0589 e. The fourth-order valence-electron chi connectivity index (χ4n) is 2.18. The van der Waals surface area contributed by atoms with E-state index in [1.54, 1.807) is 6.07 Å². The van der Waals surface area contributed by atoms with Crippen LogP contribution in [0.15, 0.2) is 42.5 Å². The zero-order chi connectivity index (χ0) is 13.8. The molecular formula is C16H17Cl2N. The molecule has 0 spiro atoms. The van der Waals surface area contributed by atoms with Gasteiger partial charge in [0.2, 0.25) is 0 Å². The predicted molar refractivity (Wildman–Crippen MR) is 83.2 cm³/mol. The Hall–Kier alpha value is -1.02. The third-order valence-corrected chi connectivity index (χ3v) is 3.85. The van der Waals surface area contributed by atoms with Gasteiger partial charge >= 0.3 is 0 Å². The van der Waals surface area contributed by atoms with Gasteiger partial charge in [-0.2, -0.15) is 0 Å². The number of nitrogens with one attached hydrogen (secondary N) is 1. The molecular weight excluding hydrogens is 277 g/mol. The van der Waals surface area contributed by atoms with Gasteiger partial charge in [-0.1, -0.05) is 60.5 Å². The lowest BCUT2D eigenvalue weighted by molar-refractivity contribution is 0.691. The molecule has 0 radical (unpaired) electrons. The zero-order valence-electron chi connectivity index (χ0n) is 11.1. The number of halogens is 2. The zero-order valence-corrected chi connectivity index (χ0v) is 12.6. The average molecular weight is 294 g/mol. The van der Waals surface area contributed by atoms with E-state index in [-0.39, 0.29) is 6.04 Å². The summed E-state index contributed by atoms with van der Waals surface area (Å²) in [6.45, 7) is 2.15. The molecule has 19 heavy (non-hydrogen) atoms. The van der Waals surface area contributed by atoms with Crippen LogP contribution in [0.3, 0.4) is 0 Å². The summed E-state index contributed by atoms with van der Waals surface area (Å²) in [4.78, 5) is 0. The van der Waals surface area contributed by atoms with Crippen LogP contribution in [0.5, 0.6) is 0 Å². The van der Waals surface area contributed by atoms with Crippen LogP contribution in [-0.2, 0) is 6.42 Å². The Morgan fingerprint density at radius 2 is 1.74 bits per heavy atom. The van der Waals surface area contributed by atoms with E-state index in [4.69, 9.17) is 23.2 Å². The summed E-state index contributed by atoms with van der Waals surface area (Å²) in [7, 11) is 1.93. The van der Waals surface area contributed by atoms with Crippen molar-refractivity contribution in [2.24, 2.45) is 0 Å². The molecule has 0 aliphatic rings. The summed E-state index contributed by atoms with van der Waals surface area (Å²) in [6.07, 6.45) is 1.05. The van der Waals surface area contributed by atoms with Crippen LogP contribution >= 0.6 is 23.2 Å². The Morgan fingerprint density at radius 3 is 2.26 bits per heavy atom. The summed E-state index contributed by atoms with van der Waals surface area (Å²) >= 11 is 12.2. The maximum atomic E-state index is 6.29. The van der Waals surface area contributed by atoms with E-state index in [0.29, 0.717) is 10.0 Å². The molecule has 2 aromatic carbocycles. The third-order valence-electron chi connectivity index (χ3n) is 3.28. The fraction of sp³-hybridized carbons (Fsp3) is 0.250. The number of rotatable bonds is 4. The van der Waals surface area contributed by atoms with Crippen LogP contribution < -0.4 is 5.32 Å². The van der Waals surface area contributed by atoms with Crippen molar-refractivity contribution < 1.29 is 0 Å². The van der Waals surface area contributed by atoms with E-state index >= 15 is 0 Å². The summed E-state index contributed by atoms with van der Waals surface area (Å²) in [5.41, 5.74) is 3.57. The van der Waals surface area contributed by atoms with Crippen molar-refractivity contribution in [3.8, 4) is 0 Å². The molecule has 1 nitrogen and oxygen atoms in total. The molecule has 1 N–H and O–H groups in total. The molecule has 100 valence electrons. The molecule has 2 aromatic rings. The average Bonchev–Trinajstić information content (AvgIpc) is 2.42. The molecule has 3 heteroatoms. The van der Waals surface area contributed by atoms with Crippen molar-refractivity contribution in [1.82, 2.24) is 5.32 Å². The second kappa shape index (κ2) is 6.42. The number of hydrogen-bond donors (Lipinski definition) is 1. The summed E-state index contributed by atoms with van der Waals surface area (Å²) in [6, 6.07) is 14.3. The molecule has 0 aliphatic carbocycles. The van der Waals surface area contributed by atoms with Gasteiger partial charge in [-0.15, -0.1) is 0 Å². The van der Waals surface area contributed by atoms with Gasteiger partial charge in [-0.3, -0.25) is 0 Å². The first-order chi connectivity index (χ1) is 9.15. The van der Waals surface area contributed by atoms with Gasteiger partial charge in [0.25, 0.3) is 0 Å². The second-order valence-corrected chi connectivity index (χ2v) is 5.33.